The van der Waals surface area contributed by atoms with Gasteiger partial charge >= 0.3 is 0 Å². The van der Waals surface area contributed by atoms with Gasteiger partial charge in [-0.15, -0.1) is 11.3 Å². The number of nitrogens with zero attached hydrogens (tertiary/aromatic N) is 2. The topological polar surface area (TPSA) is 88.6 Å². The molecule has 2 aromatic carbocycles. The summed E-state index contributed by atoms with van der Waals surface area (Å²) in [5, 5.41) is 2.90. The van der Waals surface area contributed by atoms with Crippen molar-refractivity contribution in [1.29, 1.82) is 0 Å². The Bertz CT molecular complexity index is 1900. The lowest BCUT2D eigenvalue weighted by molar-refractivity contribution is 0.0105. The molecule has 7 rings (SSSR count). The molecule has 0 spiro atoms. The van der Waals surface area contributed by atoms with Crippen LogP contribution in [0.15, 0.2) is 72.9 Å². The third-order valence-corrected chi connectivity index (χ3v) is 12.2. The van der Waals surface area contributed by atoms with E-state index >= 15 is 0 Å². The van der Waals surface area contributed by atoms with E-state index in [9.17, 15) is 14.4 Å². The summed E-state index contributed by atoms with van der Waals surface area (Å²) in [5.41, 5.74) is 6.77. The van der Waals surface area contributed by atoms with Crippen molar-refractivity contribution < 1.29 is 19.1 Å². The van der Waals surface area contributed by atoms with E-state index in [1.165, 1.54) is 56.3 Å². The molecule has 2 fully saturated rings. The molecule has 4 heterocycles. The number of amides is 2. The Kier molecular flexibility index (Phi) is 16.6. The molecule has 1 N–H and O–H groups in total. The summed E-state index contributed by atoms with van der Waals surface area (Å²) in [6.45, 7) is 18.7. The molecule has 0 atom stereocenters. The van der Waals surface area contributed by atoms with Crippen LogP contribution in [0.5, 0.6) is 0 Å². The van der Waals surface area contributed by atoms with Crippen LogP contribution in [-0.2, 0) is 4.74 Å². The van der Waals surface area contributed by atoms with Crippen LogP contribution in [0.3, 0.4) is 0 Å². The summed E-state index contributed by atoms with van der Waals surface area (Å²) in [6, 6.07) is 20.4. The van der Waals surface area contributed by atoms with Crippen molar-refractivity contribution in [2.24, 2.45) is 11.3 Å². The van der Waals surface area contributed by atoms with Crippen molar-refractivity contribution in [3.63, 3.8) is 0 Å². The minimum absolute atomic E-state index is 0.0537. The molecule has 7 nitrogen and oxygen atoms in total. The van der Waals surface area contributed by atoms with Gasteiger partial charge in [0.15, 0.2) is 5.78 Å². The predicted octanol–water partition coefficient (Wildman–Crippen LogP) is 12.2. The van der Waals surface area contributed by atoms with Gasteiger partial charge < -0.3 is 15.0 Å². The molecule has 3 aliphatic rings. The fourth-order valence-corrected chi connectivity index (χ4v) is 7.81. The van der Waals surface area contributed by atoms with Crippen molar-refractivity contribution in [3.05, 3.63) is 111 Å². The Balaban J connectivity index is 0.000000326. The first-order chi connectivity index (χ1) is 26.5. The highest BCUT2D eigenvalue weighted by Gasteiger charge is 2.28. The molecule has 1 saturated carbocycles. The van der Waals surface area contributed by atoms with E-state index in [1.54, 1.807) is 49.2 Å². The number of aryl methyl sites for hydroxylation is 2. The van der Waals surface area contributed by atoms with Gasteiger partial charge in [0, 0.05) is 47.8 Å². The fourth-order valence-electron chi connectivity index (χ4n) is 6.86. The molecule has 0 unspecified atom stereocenters. The van der Waals surface area contributed by atoms with Crippen molar-refractivity contribution >= 4 is 52.0 Å². The highest BCUT2D eigenvalue weighted by Crippen LogP contribution is 2.37. The standard InChI is InChI=1S/C31H27N3O3S.C9H18O.C5H10.C2H6/c1-19-16-26(20(2)32-18-19)30(36)33-25-10-8-22(9-11-25)31(37)34-15-14-24(17-23-6-4-5-7-27(23)34)29-13-12-28(38-29)21(3)35;1-3-9(4-2)5-7-10-8-6-9;1-5-3-2-4-5;1-2/h4-13,16-18H,14-15H2,1-3H3,(H,33,36);3-8H2,1-2H3;5H,2-4H2,1H3;1-2H3. The molecule has 0 bridgehead atoms. The Hall–Kier alpha value is -4.40. The molecule has 4 aromatic rings. The zero-order valence-corrected chi connectivity index (χ0v) is 35.1. The number of thiophene rings is 1. The second-order valence-electron chi connectivity index (χ2n) is 14.7. The second-order valence-corrected chi connectivity index (χ2v) is 15.8. The summed E-state index contributed by atoms with van der Waals surface area (Å²) in [4.78, 5) is 46.1. The van der Waals surface area contributed by atoms with Crippen LogP contribution in [0.2, 0.25) is 0 Å². The lowest BCUT2D eigenvalue weighted by Gasteiger charge is -2.35. The van der Waals surface area contributed by atoms with Gasteiger partial charge in [0.25, 0.3) is 11.8 Å². The molecule has 1 saturated heterocycles. The highest BCUT2D eigenvalue weighted by atomic mass is 32.1. The van der Waals surface area contributed by atoms with Crippen LogP contribution in [0.25, 0.3) is 11.6 Å². The first kappa shape index (κ1) is 43.3. The molecule has 8 heteroatoms. The zero-order valence-electron chi connectivity index (χ0n) is 34.3. The fraction of sp³-hybridized carbons (Fsp3) is 0.447. The monoisotopic (exact) mass is 763 g/mol. The van der Waals surface area contributed by atoms with Crippen molar-refractivity contribution in [2.45, 2.75) is 107 Å². The lowest BCUT2D eigenvalue weighted by atomic mass is 9.76. The van der Waals surface area contributed by atoms with Crippen molar-refractivity contribution in [2.75, 3.05) is 30.0 Å². The maximum Gasteiger partial charge on any atom is 0.258 e. The van der Waals surface area contributed by atoms with Crippen LogP contribution in [0, 0.1) is 25.2 Å². The number of benzene rings is 2. The molecular formula is C47H61N3O4S. The van der Waals surface area contributed by atoms with E-state index in [-0.39, 0.29) is 17.6 Å². The quantitative estimate of drug-likeness (QED) is 0.189. The van der Waals surface area contributed by atoms with E-state index in [1.807, 2.05) is 63.2 Å². The van der Waals surface area contributed by atoms with E-state index in [4.69, 9.17) is 4.74 Å². The van der Waals surface area contributed by atoms with Crippen LogP contribution in [-0.4, -0.2) is 42.3 Å². The molecule has 2 amide bonds. The number of hydrogen-bond acceptors (Lipinski definition) is 6. The molecule has 55 heavy (non-hydrogen) atoms. The van der Waals surface area contributed by atoms with Gasteiger partial charge in [0.05, 0.1) is 16.1 Å². The average Bonchev–Trinajstić information content (AvgIpc) is 3.63. The number of nitrogens with one attached hydrogen (secondary N) is 1. The third kappa shape index (κ3) is 11.8. The average molecular weight is 764 g/mol. The smallest absolute Gasteiger partial charge is 0.258 e. The van der Waals surface area contributed by atoms with Crippen molar-refractivity contribution in [1.82, 2.24) is 4.98 Å². The van der Waals surface area contributed by atoms with E-state index in [2.05, 4.69) is 37.1 Å². The second kappa shape index (κ2) is 21.1. The molecule has 294 valence electrons. The van der Waals surface area contributed by atoms with E-state index < -0.39 is 0 Å². The Morgan fingerprint density at radius 2 is 1.60 bits per heavy atom. The van der Waals surface area contributed by atoms with Gasteiger partial charge in [-0.05, 0) is 123 Å². The third-order valence-electron chi connectivity index (χ3n) is 11.0. The van der Waals surface area contributed by atoms with Crippen LogP contribution < -0.4 is 10.2 Å². The number of pyridine rings is 1. The maximum atomic E-state index is 13.7. The van der Waals surface area contributed by atoms with E-state index in [0.717, 1.165) is 51.3 Å². The number of fused-ring (bicyclic) bond motifs is 1. The number of carbonyl (C=O) groups excluding carboxylic acids is 3. The number of anilines is 2. The number of hydrogen-bond donors (Lipinski definition) is 1. The first-order valence-corrected chi connectivity index (χ1v) is 21.0. The van der Waals surface area contributed by atoms with Gasteiger partial charge in [-0.3, -0.25) is 19.4 Å². The van der Waals surface area contributed by atoms with E-state index in [0.29, 0.717) is 40.9 Å². The molecular weight excluding hydrogens is 703 g/mol. The van der Waals surface area contributed by atoms with Crippen molar-refractivity contribution in [3.8, 4) is 0 Å². The van der Waals surface area contributed by atoms with Gasteiger partial charge in [-0.25, -0.2) is 0 Å². The largest absolute Gasteiger partial charge is 0.381 e. The SMILES string of the molecule is CC.CC(=O)c1ccc(C2=Cc3ccccc3N(C(=O)c3ccc(NC(=O)c4cc(C)cnc4C)cc3)CC2)s1.CC1CCC1.CCC1(CC)CCOCC1. The number of rotatable bonds is 7. The zero-order chi connectivity index (χ0) is 40.0. The number of aromatic nitrogens is 1. The summed E-state index contributed by atoms with van der Waals surface area (Å²) < 4.78 is 5.33. The van der Waals surface area contributed by atoms with Crippen LogP contribution >= 0.6 is 11.3 Å². The maximum absolute atomic E-state index is 13.7. The number of para-hydroxylation sites is 1. The Labute approximate surface area is 333 Å². The van der Waals surface area contributed by atoms with Gasteiger partial charge in [-0.1, -0.05) is 84.9 Å². The normalized spacial score (nSPS) is 15.8. The van der Waals surface area contributed by atoms with Gasteiger partial charge in [-0.2, -0.15) is 0 Å². The summed E-state index contributed by atoms with van der Waals surface area (Å²) >= 11 is 1.48. The minimum atomic E-state index is -0.237. The first-order valence-electron chi connectivity index (χ1n) is 20.2. The number of Topliss-reactive ketones (excluding diaryl/α,β-unsaturated/α-hetero) is 1. The lowest BCUT2D eigenvalue weighted by Crippen LogP contribution is -2.32. The van der Waals surface area contributed by atoms with Crippen LogP contribution in [0.1, 0.15) is 145 Å². The minimum Gasteiger partial charge on any atom is -0.381 e. The summed E-state index contributed by atoms with van der Waals surface area (Å²) in [6.07, 6.45) is 14.2. The number of ketones is 1. The molecule has 0 radical (unpaired) electrons. The molecule has 1 aliphatic carbocycles. The Morgan fingerprint density at radius 1 is 0.945 bits per heavy atom. The summed E-state index contributed by atoms with van der Waals surface area (Å²) in [5.74, 6) is 0.770. The molecule has 2 aliphatic heterocycles. The highest BCUT2D eigenvalue weighted by molar-refractivity contribution is 7.15. The number of carbonyl (C=O) groups is 3. The summed E-state index contributed by atoms with van der Waals surface area (Å²) in [7, 11) is 0. The predicted molar refractivity (Wildman–Crippen MR) is 230 cm³/mol. The van der Waals surface area contributed by atoms with Crippen LogP contribution in [0.4, 0.5) is 11.4 Å². The number of ether oxygens (including phenoxy) is 1. The Morgan fingerprint density at radius 3 is 2.16 bits per heavy atom. The van der Waals surface area contributed by atoms with Gasteiger partial charge in [0.1, 0.15) is 0 Å². The molecule has 2 aromatic heterocycles. The van der Waals surface area contributed by atoms with Gasteiger partial charge in [0.2, 0.25) is 0 Å².